The maximum atomic E-state index is 13.4. The molecule has 1 heterocycles. The van der Waals surface area contributed by atoms with Gasteiger partial charge in [-0.25, -0.2) is 4.39 Å². The highest BCUT2D eigenvalue weighted by molar-refractivity contribution is 9.10. The van der Waals surface area contributed by atoms with Gasteiger partial charge in [0, 0.05) is 22.5 Å². The zero-order valence-electron chi connectivity index (χ0n) is 16.3. The summed E-state index contributed by atoms with van der Waals surface area (Å²) in [5, 5.41) is 3.41. The van der Waals surface area contributed by atoms with Crippen molar-refractivity contribution in [2.24, 2.45) is 0 Å². The summed E-state index contributed by atoms with van der Waals surface area (Å²) in [7, 11) is 1.59. The van der Waals surface area contributed by atoms with Gasteiger partial charge in [-0.2, -0.15) is 0 Å². The SMILES string of the molecule is CNC(=O)c1c(-c2ccc(F)cc2)oc2ccc(-c3cc(C)c(Br)cc3C)cc12. The molecule has 4 aromatic rings. The van der Waals surface area contributed by atoms with Crippen LogP contribution in [0.2, 0.25) is 0 Å². The van der Waals surface area contributed by atoms with Crippen molar-refractivity contribution in [1.29, 1.82) is 0 Å². The number of halogens is 2. The molecule has 1 amide bonds. The molecular weight excluding hydrogens is 433 g/mol. The van der Waals surface area contributed by atoms with E-state index >= 15 is 0 Å². The molecule has 0 spiro atoms. The maximum absolute atomic E-state index is 13.4. The Bertz CT molecular complexity index is 1240. The van der Waals surface area contributed by atoms with Crippen LogP contribution in [0.5, 0.6) is 0 Å². The Morgan fingerprint density at radius 1 is 0.966 bits per heavy atom. The van der Waals surface area contributed by atoms with Crippen LogP contribution in [0.4, 0.5) is 4.39 Å². The largest absolute Gasteiger partial charge is 0.455 e. The fourth-order valence-corrected chi connectivity index (χ4v) is 3.97. The van der Waals surface area contributed by atoms with Crippen molar-refractivity contribution in [3.63, 3.8) is 0 Å². The number of fused-ring (bicyclic) bond motifs is 1. The number of furan rings is 1. The molecular formula is C24H19BrFNO2. The summed E-state index contributed by atoms with van der Waals surface area (Å²) in [4.78, 5) is 12.7. The molecule has 4 rings (SSSR count). The van der Waals surface area contributed by atoms with Gasteiger partial charge in [0.15, 0.2) is 0 Å². The lowest BCUT2D eigenvalue weighted by Gasteiger charge is -2.10. The minimum absolute atomic E-state index is 0.246. The molecule has 29 heavy (non-hydrogen) atoms. The van der Waals surface area contributed by atoms with Crippen LogP contribution < -0.4 is 5.32 Å². The van der Waals surface area contributed by atoms with Crippen molar-refractivity contribution >= 4 is 32.8 Å². The van der Waals surface area contributed by atoms with Crippen molar-refractivity contribution < 1.29 is 13.6 Å². The highest BCUT2D eigenvalue weighted by Gasteiger charge is 2.22. The third-order valence-electron chi connectivity index (χ3n) is 5.07. The van der Waals surface area contributed by atoms with Gasteiger partial charge in [-0.1, -0.05) is 28.1 Å². The lowest BCUT2D eigenvalue weighted by atomic mass is 9.96. The summed E-state index contributed by atoms with van der Waals surface area (Å²) in [5.74, 6) is -0.154. The predicted molar refractivity (Wildman–Crippen MR) is 118 cm³/mol. The van der Waals surface area contributed by atoms with Gasteiger partial charge in [-0.05, 0) is 78.6 Å². The fourth-order valence-electron chi connectivity index (χ4n) is 3.51. The zero-order valence-corrected chi connectivity index (χ0v) is 17.9. The van der Waals surface area contributed by atoms with Crippen LogP contribution in [0.1, 0.15) is 21.5 Å². The van der Waals surface area contributed by atoms with Crippen molar-refractivity contribution in [2.75, 3.05) is 7.05 Å². The summed E-state index contributed by atoms with van der Waals surface area (Å²) < 4.78 is 20.4. The van der Waals surface area contributed by atoms with Crippen LogP contribution in [-0.4, -0.2) is 13.0 Å². The molecule has 3 aromatic carbocycles. The number of hydrogen-bond donors (Lipinski definition) is 1. The summed E-state index contributed by atoms with van der Waals surface area (Å²) in [5.41, 5.74) is 6.07. The summed E-state index contributed by atoms with van der Waals surface area (Å²) in [6.45, 7) is 4.11. The van der Waals surface area contributed by atoms with Crippen molar-refractivity contribution in [3.8, 4) is 22.5 Å². The normalized spacial score (nSPS) is 11.1. The van der Waals surface area contributed by atoms with E-state index in [1.807, 2.05) is 25.1 Å². The molecule has 0 aliphatic rings. The van der Waals surface area contributed by atoms with Crippen LogP contribution >= 0.6 is 15.9 Å². The van der Waals surface area contributed by atoms with Crippen LogP contribution in [-0.2, 0) is 0 Å². The van der Waals surface area contributed by atoms with E-state index in [9.17, 15) is 9.18 Å². The highest BCUT2D eigenvalue weighted by Crippen LogP contribution is 2.37. The quantitative estimate of drug-likeness (QED) is 0.379. The van der Waals surface area contributed by atoms with Crippen LogP contribution in [0.15, 0.2) is 63.5 Å². The average molecular weight is 452 g/mol. The summed E-state index contributed by atoms with van der Waals surface area (Å²) in [6, 6.07) is 16.0. The molecule has 5 heteroatoms. The number of rotatable bonds is 3. The van der Waals surface area contributed by atoms with Gasteiger partial charge >= 0.3 is 0 Å². The third-order valence-corrected chi connectivity index (χ3v) is 5.92. The molecule has 0 radical (unpaired) electrons. The average Bonchev–Trinajstić information content (AvgIpc) is 3.09. The van der Waals surface area contributed by atoms with E-state index < -0.39 is 0 Å². The molecule has 0 fully saturated rings. The van der Waals surface area contributed by atoms with E-state index in [1.54, 1.807) is 19.2 Å². The Kier molecular flexibility index (Phi) is 5.01. The molecule has 3 nitrogen and oxygen atoms in total. The molecule has 0 saturated carbocycles. The number of carbonyl (C=O) groups excluding carboxylic acids is 1. The number of amides is 1. The van der Waals surface area contributed by atoms with Crippen molar-refractivity contribution in [2.45, 2.75) is 13.8 Å². The summed E-state index contributed by atoms with van der Waals surface area (Å²) in [6.07, 6.45) is 0. The molecule has 0 aliphatic heterocycles. The van der Waals surface area contributed by atoms with Gasteiger partial charge < -0.3 is 9.73 Å². The second-order valence-corrected chi connectivity index (χ2v) is 7.87. The Morgan fingerprint density at radius 2 is 1.66 bits per heavy atom. The molecule has 0 saturated heterocycles. The number of nitrogens with one attached hydrogen (secondary N) is 1. The fraction of sp³-hybridized carbons (Fsp3) is 0.125. The van der Waals surface area contributed by atoms with Gasteiger partial charge in [-0.3, -0.25) is 4.79 Å². The second-order valence-electron chi connectivity index (χ2n) is 7.02. The maximum Gasteiger partial charge on any atom is 0.255 e. The van der Waals surface area contributed by atoms with Crippen molar-refractivity contribution in [3.05, 3.63) is 81.6 Å². The number of carbonyl (C=O) groups is 1. The Hall–Kier alpha value is -2.92. The lowest BCUT2D eigenvalue weighted by Crippen LogP contribution is -2.18. The van der Waals surface area contributed by atoms with Gasteiger partial charge in [0.25, 0.3) is 5.91 Å². The number of benzene rings is 3. The van der Waals surface area contributed by atoms with E-state index in [0.29, 0.717) is 22.5 Å². The predicted octanol–water partition coefficient (Wildman–Crippen LogP) is 6.64. The van der Waals surface area contributed by atoms with Crippen LogP contribution in [0.3, 0.4) is 0 Å². The third kappa shape index (κ3) is 3.47. The minimum atomic E-state index is -0.338. The van der Waals surface area contributed by atoms with Gasteiger partial charge in [-0.15, -0.1) is 0 Å². The Labute approximate surface area is 176 Å². The van der Waals surface area contributed by atoms with E-state index in [-0.39, 0.29) is 11.7 Å². The van der Waals surface area contributed by atoms with Gasteiger partial charge in [0.2, 0.25) is 0 Å². The molecule has 146 valence electrons. The van der Waals surface area contributed by atoms with Gasteiger partial charge in [0.1, 0.15) is 17.2 Å². The first-order valence-electron chi connectivity index (χ1n) is 9.20. The van der Waals surface area contributed by atoms with Gasteiger partial charge in [0.05, 0.1) is 5.56 Å². The lowest BCUT2D eigenvalue weighted by molar-refractivity contribution is 0.0964. The minimum Gasteiger partial charge on any atom is -0.455 e. The molecule has 0 unspecified atom stereocenters. The molecule has 0 atom stereocenters. The monoisotopic (exact) mass is 451 g/mol. The van der Waals surface area contributed by atoms with E-state index in [1.165, 1.54) is 12.1 Å². The van der Waals surface area contributed by atoms with E-state index in [2.05, 4.69) is 40.3 Å². The van der Waals surface area contributed by atoms with Crippen molar-refractivity contribution in [1.82, 2.24) is 5.32 Å². The van der Waals surface area contributed by atoms with Crippen LogP contribution in [0, 0.1) is 19.7 Å². The second kappa shape index (κ2) is 7.48. The topological polar surface area (TPSA) is 42.2 Å². The van der Waals surface area contributed by atoms with Crippen LogP contribution in [0.25, 0.3) is 33.4 Å². The Morgan fingerprint density at radius 3 is 2.34 bits per heavy atom. The number of hydrogen-bond acceptors (Lipinski definition) is 2. The zero-order chi connectivity index (χ0) is 20.7. The van der Waals surface area contributed by atoms with E-state index in [4.69, 9.17) is 4.42 Å². The highest BCUT2D eigenvalue weighted by atomic mass is 79.9. The number of aryl methyl sites for hydroxylation is 2. The molecule has 0 bridgehead atoms. The van der Waals surface area contributed by atoms with E-state index in [0.717, 1.165) is 32.1 Å². The standard InChI is InChI=1S/C24H19BrFNO2/c1-13-11-20(25)14(2)10-18(13)16-6-9-21-19(12-16)22(24(28)27-3)23(29-21)15-4-7-17(26)8-5-15/h4-12H,1-3H3,(H,27,28). The molecule has 0 aliphatic carbocycles. The summed E-state index contributed by atoms with van der Waals surface area (Å²) >= 11 is 3.57. The first kappa shape index (κ1) is 19.4. The smallest absolute Gasteiger partial charge is 0.255 e. The Balaban J connectivity index is 1.96. The first-order valence-corrected chi connectivity index (χ1v) is 10.00. The first-order chi connectivity index (χ1) is 13.9. The molecule has 1 aromatic heterocycles. The molecule has 1 N–H and O–H groups in total.